The quantitative estimate of drug-likeness (QED) is 0.409. The van der Waals surface area contributed by atoms with Crippen molar-refractivity contribution in [3.8, 4) is 0 Å². The Bertz CT molecular complexity index is 198. The third kappa shape index (κ3) is 2.62. The summed E-state index contributed by atoms with van der Waals surface area (Å²) in [6, 6.07) is 0. The Morgan fingerprint density at radius 1 is 1.11 bits per heavy atom. The molecule has 54 valence electrons. The molecule has 0 aromatic rings. The van der Waals surface area contributed by atoms with E-state index < -0.39 is 26.0 Å². The molecular formula is C3H6O4S2. The molecule has 4 nitrogen and oxygen atoms in total. The highest BCUT2D eigenvalue weighted by Gasteiger charge is 2.07. The highest BCUT2D eigenvalue weighted by Crippen LogP contribution is 1.89. The fraction of sp³-hybridized carbons (Fsp3) is 0.333. The predicted molar refractivity (Wildman–Crippen MR) is 34.6 cm³/mol. The second kappa shape index (κ2) is 3.62. The molecule has 0 saturated heterocycles. The van der Waals surface area contributed by atoms with Gasteiger partial charge in [-0.2, -0.15) is 0 Å². The molecule has 0 aliphatic carbocycles. The van der Waals surface area contributed by atoms with E-state index in [-0.39, 0.29) is 0 Å². The minimum Gasteiger partial charge on any atom is -0.230 e. The SMILES string of the molecule is C=CC([SH](=O)=O)[SH](=O)=O. The van der Waals surface area contributed by atoms with Crippen molar-refractivity contribution in [2.45, 2.75) is 4.58 Å². The average molecular weight is 170 g/mol. The lowest BCUT2D eigenvalue weighted by Gasteiger charge is -1.87. The largest absolute Gasteiger partial charge is 0.230 e. The molecular weight excluding hydrogens is 164 g/mol. The van der Waals surface area contributed by atoms with Crippen LogP contribution >= 0.6 is 0 Å². The summed E-state index contributed by atoms with van der Waals surface area (Å²) in [5.74, 6) is 0. The topological polar surface area (TPSA) is 68.3 Å². The third-order valence-electron chi connectivity index (χ3n) is 0.643. The summed E-state index contributed by atoms with van der Waals surface area (Å²) in [6.07, 6.45) is 0.872. The molecule has 0 aromatic carbocycles. The van der Waals surface area contributed by atoms with Gasteiger partial charge < -0.3 is 0 Å². The second-order valence-electron chi connectivity index (χ2n) is 1.22. The van der Waals surface area contributed by atoms with Crippen molar-refractivity contribution in [1.29, 1.82) is 0 Å². The van der Waals surface area contributed by atoms with Crippen molar-refractivity contribution in [3.63, 3.8) is 0 Å². The number of hydrogen-bond acceptors (Lipinski definition) is 4. The first kappa shape index (κ1) is 8.64. The molecule has 0 fully saturated rings. The fourth-order valence-electron chi connectivity index (χ4n) is 0.249. The van der Waals surface area contributed by atoms with Gasteiger partial charge in [-0.25, -0.2) is 16.8 Å². The third-order valence-corrected chi connectivity index (χ3v) is 3.06. The Hall–Kier alpha value is -0.360. The van der Waals surface area contributed by atoms with Gasteiger partial charge in [0.1, 0.15) is 0 Å². The molecule has 0 bridgehead atoms. The second-order valence-corrected chi connectivity index (χ2v) is 3.88. The van der Waals surface area contributed by atoms with Crippen LogP contribution in [0.2, 0.25) is 0 Å². The molecule has 0 spiro atoms. The zero-order valence-electron chi connectivity index (χ0n) is 4.39. The summed E-state index contributed by atoms with van der Waals surface area (Å²) < 4.78 is 38.4. The number of rotatable bonds is 3. The van der Waals surface area contributed by atoms with Crippen LogP contribution < -0.4 is 0 Å². The van der Waals surface area contributed by atoms with Gasteiger partial charge in [-0.1, -0.05) is 6.08 Å². The van der Waals surface area contributed by atoms with E-state index in [1.165, 1.54) is 0 Å². The Morgan fingerprint density at radius 3 is 1.44 bits per heavy atom. The van der Waals surface area contributed by atoms with Crippen LogP contribution in [0.15, 0.2) is 12.7 Å². The molecule has 0 heterocycles. The minimum absolute atomic E-state index is 0.872. The molecule has 0 atom stereocenters. The average Bonchev–Trinajstić information content (AvgIpc) is 1.64. The van der Waals surface area contributed by atoms with Crippen LogP contribution in [0, 0.1) is 0 Å². The van der Waals surface area contributed by atoms with Gasteiger partial charge in [0.05, 0.1) is 0 Å². The number of thiol groups is 2. The summed E-state index contributed by atoms with van der Waals surface area (Å²) in [6.45, 7) is 3.04. The molecule has 0 radical (unpaired) electrons. The number of hydrogen-bond donors (Lipinski definition) is 2. The summed E-state index contributed by atoms with van der Waals surface area (Å²) in [5.41, 5.74) is 0. The molecule has 9 heavy (non-hydrogen) atoms. The van der Waals surface area contributed by atoms with Crippen molar-refractivity contribution < 1.29 is 16.8 Å². The normalized spacial score (nSPS) is 11.0. The van der Waals surface area contributed by atoms with Gasteiger partial charge in [0.25, 0.3) is 0 Å². The maximum absolute atomic E-state index is 9.95. The highest BCUT2D eigenvalue weighted by atomic mass is 32.2. The van der Waals surface area contributed by atoms with Crippen molar-refractivity contribution >= 4 is 21.4 Å². The fourth-order valence-corrected chi connectivity index (χ4v) is 1.21. The van der Waals surface area contributed by atoms with E-state index in [0.29, 0.717) is 0 Å². The Labute approximate surface area is 56.1 Å². The molecule has 0 aliphatic rings. The van der Waals surface area contributed by atoms with Gasteiger partial charge in [-0.15, -0.1) is 6.58 Å². The first-order chi connectivity index (χ1) is 4.09. The van der Waals surface area contributed by atoms with Gasteiger partial charge in [-0.05, 0) is 0 Å². The lowest BCUT2D eigenvalue weighted by atomic mass is 10.8. The smallest absolute Gasteiger partial charge is 0.175 e. The first-order valence-corrected chi connectivity index (χ1v) is 4.48. The lowest BCUT2D eigenvalue weighted by Crippen LogP contribution is -2.06. The van der Waals surface area contributed by atoms with Crippen LogP contribution in [-0.4, -0.2) is 21.4 Å². The van der Waals surface area contributed by atoms with Gasteiger partial charge in [0, 0.05) is 0 Å². The molecule has 6 heteroatoms. The highest BCUT2D eigenvalue weighted by molar-refractivity contribution is 7.91. The van der Waals surface area contributed by atoms with E-state index >= 15 is 0 Å². The Balaban J connectivity index is 4.55. The van der Waals surface area contributed by atoms with Crippen molar-refractivity contribution in [1.82, 2.24) is 0 Å². The van der Waals surface area contributed by atoms with E-state index in [1.807, 2.05) is 0 Å². The zero-order valence-corrected chi connectivity index (χ0v) is 6.18. The van der Waals surface area contributed by atoms with Crippen LogP contribution in [0.3, 0.4) is 0 Å². The summed E-state index contributed by atoms with van der Waals surface area (Å²) in [4.78, 5) is 0. The van der Waals surface area contributed by atoms with Crippen LogP contribution in [0.1, 0.15) is 0 Å². The molecule has 0 aromatic heterocycles. The van der Waals surface area contributed by atoms with Gasteiger partial charge >= 0.3 is 0 Å². The summed E-state index contributed by atoms with van der Waals surface area (Å²) >= 11 is 0. The zero-order chi connectivity index (χ0) is 7.44. The summed E-state index contributed by atoms with van der Waals surface area (Å²) in [5, 5.41) is 0. The van der Waals surface area contributed by atoms with Gasteiger partial charge in [-0.3, -0.25) is 0 Å². The molecule has 0 rings (SSSR count). The monoisotopic (exact) mass is 170 g/mol. The van der Waals surface area contributed by atoms with E-state index in [4.69, 9.17) is 0 Å². The lowest BCUT2D eigenvalue weighted by molar-refractivity contribution is 0.603. The van der Waals surface area contributed by atoms with E-state index in [1.54, 1.807) is 0 Å². The van der Waals surface area contributed by atoms with Crippen LogP contribution in [-0.2, 0) is 21.4 Å². The van der Waals surface area contributed by atoms with Crippen LogP contribution in [0.25, 0.3) is 0 Å². The Morgan fingerprint density at radius 2 is 1.44 bits per heavy atom. The molecule has 0 saturated carbocycles. The predicted octanol–water partition coefficient (Wildman–Crippen LogP) is -1.28. The standard InChI is InChI=1S/C3H6O4S2/c1-2-3(8(4)5)9(6)7/h2-3,8-9H,1H2. The van der Waals surface area contributed by atoms with Crippen LogP contribution in [0.4, 0.5) is 0 Å². The first-order valence-electron chi connectivity index (χ1n) is 1.99. The minimum atomic E-state index is -2.92. The molecule has 0 amide bonds. The van der Waals surface area contributed by atoms with E-state index in [2.05, 4.69) is 6.58 Å². The van der Waals surface area contributed by atoms with Crippen molar-refractivity contribution in [2.75, 3.05) is 0 Å². The maximum atomic E-state index is 9.95. The van der Waals surface area contributed by atoms with E-state index in [9.17, 15) is 16.8 Å². The summed E-state index contributed by atoms with van der Waals surface area (Å²) in [7, 11) is -5.84. The Kier molecular flexibility index (Phi) is 3.48. The molecule has 0 N–H and O–H groups in total. The van der Waals surface area contributed by atoms with Crippen LogP contribution in [0.5, 0.6) is 0 Å². The van der Waals surface area contributed by atoms with Crippen molar-refractivity contribution in [3.05, 3.63) is 12.7 Å². The maximum Gasteiger partial charge on any atom is 0.175 e. The van der Waals surface area contributed by atoms with Gasteiger partial charge in [0.15, 0.2) is 26.0 Å². The molecule has 0 aliphatic heterocycles. The van der Waals surface area contributed by atoms with E-state index in [0.717, 1.165) is 6.08 Å². The molecule has 0 unspecified atom stereocenters. The van der Waals surface area contributed by atoms with Crippen molar-refractivity contribution in [2.24, 2.45) is 0 Å². The van der Waals surface area contributed by atoms with Gasteiger partial charge in [0.2, 0.25) is 0 Å².